The molecule has 0 aromatic heterocycles. The smallest absolute Gasteiger partial charge is 0.328 e. The maximum Gasteiger partial charge on any atom is 0.328 e. The minimum absolute atomic E-state index is 0.0764. The second-order valence-corrected chi connectivity index (χ2v) is 9.30. The molecule has 6 heteroatoms. The number of aliphatic carboxylic acids is 1. The van der Waals surface area contributed by atoms with E-state index in [1.54, 1.807) is 12.1 Å². The van der Waals surface area contributed by atoms with Gasteiger partial charge in [-0.1, -0.05) is 54.4 Å². The van der Waals surface area contributed by atoms with E-state index in [-0.39, 0.29) is 17.6 Å². The summed E-state index contributed by atoms with van der Waals surface area (Å²) in [6.45, 7) is 0.476. The van der Waals surface area contributed by atoms with Crippen molar-refractivity contribution in [3.8, 4) is 0 Å². The molecule has 35 heavy (non-hydrogen) atoms. The molecule has 176 valence electrons. The van der Waals surface area contributed by atoms with Crippen molar-refractivity contribution in [3.63, 3.8) is 0 Å². The van der Waals surface area contributed by atoms with Gasteiger partial charge in [0.25, 0.3) is 5.91 Å². The molecule has 0 bridgehead atoms. The van der Waals surface area contributed by atoms with Crippen molar-refractivity contribution in [1.29, 1.82) is 0 Å². The molecule has 3 aromatic rings. The molecule has 0 radical (unpaired) electrons. The first-order valence-electron chi connectivity index (χ1n) is 11.5. The second kappa shape index (κ2) is 9.51. The topological polar surface area (TPSA) is 66.4 Å². The summed E-state index contributed by atoms with van der Waals surface area (Å²) in [6, 6.07) is 18.0. The van der Waals surface area contributed by atoms with Gasteiger partial charge in [0.2, 0.25) is 0 Å². The summed E-state index contributed by atoms with van der Waals surface area (Å²) in [5.41, 5.74) is 7.12. The van der Waals surface area contributed by atoms with Crippen LogP contribution in [0.1, 0.15) is 57.4 Å². The lowest BCUT2D eigenvalue weighted by Crippen LogP contribution is -2.15. The van der Waals surface area contributed by atoms with Crippen molar-refractivity contribution in [2.24, 2.45) is 5.92 Å². The standard InChI is InChI=1S/C29H23ClFNO3/c30-25-15-22(31)10-12-24(25)28(18-2-1-3-18)27(19-7-4-17(5-8-19)6-13-26(33)34)20-9-11-23-21(14-20)16-32-29(23)35/h4-15,18H,1-3,16H2,(H,32,35)(H,33,34). The zero-order valence-electron chi connectivity index (χ0n) is 18.9. The third-order valence-electron chi connectivity index (χ3n) is 6.70. The third kappa shape index (κ3) is 4.64. The van der Waals surface area contributed by atoms with Crippen LogP contribution in [-0.4, -0.2) is 17.0 Å². The first-order chi connectivity index (χ1) is 16.9. The summed E-state index contributed by atoms with van der Waals surface area (Å²) < 4.78 is 13.9. The molecule has 3 aromatic carbocycles. The van der Waals surface area contributed by atoms with Crippen LogP contribution in [0, 0.1) is 11.7 Å². The average molecular weight is 488 g/mol. The number of hydrogen-bond donors (Lipinski definition) is 2. The molecule has 1 amide bonds. The number of halogens is 2. The van der Waals surface area contributed by atoms with Crippen molar-refractivity contribution in [2.45, 2.75) is 25.8 Å². The molecule has 0 unspecified atom stereocenters. The minimum Gasteiger partial charge on any atom is -0.478 e. The summed E-state index contributed by atoms with van der Waals surface area (Å²) in [5.74, 6) is -1.20. The van der Waals surface area contributed by atoms with Crippen molar-refractivity contribution < 1.29 is 19.1 Å². The van der Waals surface area contributed by atoms with E-state index in [1.165, 1.54) is 12.1 Å². The highest BCUT2D eigenvalue weighted by molar-refractivity contribution is 6.32. The fourth-order valence-electron chi connectivity index (χ4n) is 4.76. The Morgan fingerprint density at radius 1 is 1.03 bits per heavy atom. The van der Waals surface area contributed by atoms with Crippen LogP contribution in [0.25, 0.3) is 17.2 Å². The van der Waals surface area contributed by atoms with Crippen LogP contribution in [0.3, 0.4) is 0 Å². The van der Waals surface area contributed by atoms with Crippen molar-refractivity contribution >= 4 is 40.7 Å². The lowest BCUT2D eigenvalue weighted by Gasteiger charge is -2.32. The number of fused-ring (bicyclic) bond motifs is 1. The van der Waals surface area contributed by atoms with E-state index < -0.39 is 5.97 Å². The molecule has 1 aliphatic heterocycles. The normalized spacial score (nSPS) is 16.0. The number of carbonyl (C=O) groups is 2. The third-order valence-corrected chi connectivity index (χ3v) is 7.01. The highest BCUT2D eigenvalue weighted by Gasteiger charge is 2.29. The monoisotopic (exact) mass is 487 g/mol. The van der Waals surface area contributed by atoms with E-state index in [4.69, 9.17) is 16.7 Å². The second-order valence-electron chi connectivity index (χ2n) is 8.89. The van der Waals surface area contributed by atoms with Crippen molar-refractivity contribution in [1.82, 2.24) is 5.32 Å². The number of nitrogens with one attached hydrogen (secondary N) is 1. The van der Waals surface area contributed by atoms with Crippen LogP contribution in [0.5, 0.6) is 0 Å². The minimum atomic E-state index is -1.01. The van der Waals surface area contributed by atoms with Crippen molar-refractivity contribution in [2.75, 3.05) is 0 Å². The summed E-state index contributed by atoms with van der Waals surface area (Å²) in [6.07, 6.45) is 5.79. The maximum atomic E-state index is 13.9. The predicted molar refractivity (Wildman–Crippen MR) is 135 cm³/mol. The number of amides is 1. The zero-order valence-corrected chi connectivity index (χ0v) is 19.6. The van der Waals surface area contributed by atoms with Gasteiger partial charge in [-0.05, 0) is 88.1 Å². The fraction of sp³-hybridized carbons (Fsp3) is 0.172. The van der Waals surface area contributed by atoms with Gasteiger partial charge >= 0.3 is 5.97 Å². The first kappa shape index (κ1) is 23.1. The summed E-state index contributed by atoms with van der Waals surface area (Å²) in [7, 11) is 0. The van der Waals surface area contributed by atoms with Gasteiger partial charge in [0.15, 0.2) is 0 Å². The van der Waals surface area contributed by atoms with Crippen LogP contribution >= 0.6 is 11.6 Å². The first-order valence-corrected chi connectivity index (χ1v) is 11.9. The highest BCUT2D eigenvalue weighted by Crippen LogP contribution is 2.47. The van der Waals surface area contributed by atoms with Crippen molar-refractivity contribution in [3.05, 3.63) is 111 Å². The molecule has 2 aliphatic rings. The number of hydrogen-bond acceptors (Lipinski definition) is 2. The Morgan fingerprint density at radius 2 is 1.77 bits per heavy atom. The van der Waals surface area contributed by atoms with E-state index in [0.717, 1.165) is 64.3 Å². The molecule has 1 fully saturated rings. The molecule has 5 rings (SSSR count). The van der Waals surface area contributed by atoms with E-state index in [2.05, 4.69) is 5.32 Å². The molecule has 0 spiro atoms. The van der Waals surface area contributed by atoms with Gasteiger partial charge in [-0.2, -0.15) is 0 Å². The van der Waals surface area contributed by atoms with E-state index in [0.29, 0.717) is 17.1 Å². The van der Waals surface area contributed by atoms with Crippen LogP contribution in [0.4, 0.5) is 4.39 Å². The molecule has 0 saturated heterocycles. The van der Waals surface area contributed by atoms with Crippen LogP contribution in [-0.2, 0) is 11.3 Å². The number of carboxylic acids is 1. The van der Waals surface area contributed by atoms with Gasteiger partial charge < -0.3 is 10.4 Å². The molecule has 1 heterocycles. The Bertz CT molecular complexity index is 1390. The molecule has 4 nitrogen and oxygen atoms in total. The number of rotatable bonds is 6. The van der Waals surface area contributed by atoms with E-state index in [1.807, 2.05) is 42.5 Å². The predicted octanol–water partition coefficient (Wildman–Crippen LogP) is 6.58. The largest absolute Gasteiger partial charge is 0.478 e. The average Bonchev–Trinajstić information content (AvgIpc) is 3.17. The van der Waals surface area contributed by atoms with Crippen LogP contribution < -0.4 is 5.32 Å². The molecular formula is C29H23ClFNO3. The zero-order chi connectivity index (χ0) is 24.5. The Labute approximate surface area is 207 Å². The van der Waals surface area contributed by atoms with Crippen LogP contribution in [0.2, 0.25) is 5.02 Å². The molecule has 1 aliphatic carbocycles. The van der Waals surface area contributed by atoms with E-state index >= 15 is 0 Å². The Morgan fingerprint density at radius 3 is 2.43 bits per heavy atom. The Kier molecular flexibility index (Phi) is 6.27. The molecule has 0 atom stereocenters. The quantitative estimate of drug-likeness (QED) is 0.305. The number of carbonyl (C=O) groups excluding carboxylic acids is 1. The Hall–Kier alpha value is -3.70. The highest BCUT2D eigenvalue weighted by atomic mass is 35.5. The number of benzene rings is 3. The van der Waals surface area contributed by atoms with Gasteiger partial charge in [-0.25, -0.2) is 9.18 Å². The SMILES string of the molecule is O=C(O)C=Cc1ccc(C(=C(c2ccc(F)cc2Cl)C2CCC2)c2ccc3c(c2)CNC3=O)cc1. The summed E-state index contributed by atoms with van der Waals surface area (Å²) >= 11 is 6.58. The van der Waals surface area contributed by atoms with Gasteiger partial charge in [0, 0.05) is 18.2 Å². The summed E-state index contributed by atoms with van der Waals surface area (Å²) in [4.78, 5) is 23.0. The number of allylic oxidation sites excluding steroid dienone is 1. The lowest BCUT2D eigenvalue weighted by atomic mass is 9.73. The van der Waals surface area contributed by atoms with Gasteiger partial charge in [-0.15, -0.1) is 0 Å². The van der Waals surface area contributed by atoms with Gasteiger partial charge in [0.05, 0.1) is 5.02 Å². The molecule has 1 saturated carbocycles. The number of carboxylic acid groups (broad SMARTS) is 1. The fourth-order valence-corrected chi connectivity index (χ4v) is 5.03. The van der Waals surface area contributed by atoms with Gasteiger partial charge in [-0.3, -0.25) is 4.79 Å². The lowest BCUT2D eigenvalue weighted by molar-refractivity contribution is -0.131. The molecule has 2 N–H and O–H groups in total. The summed E-state index contributed by atoms with van der Waals surface area (Å²) in [5, 5.41) is 12.2. The van der Waals surface area contributed by atoms with Gasteiger partial charge in [0.1, 0.15) is 5.82 Å². The van der Waals surface area contributed by atoms with E-state index in [9.17, 15) is 14.0 Å². The van der Waals surface area contributed by atoms with Crippen LogP contribution in [0.15, 0.2) is 66.7 Å². The molecular weight excluding hydrogens is 465 g/mol. The maximum absolute atomic E-state index is 13.9. The Balaban J connectivity index is 1.73.